The van der Waals surface area contributed by atoms with E-state index in [-0.39, 0.29) is 11.9 Å². The summed E-state index contributed by atoms with van der Waals surface area (Å²) in [6, 6.07) is 11.6. The van der Waals surface area contributed by atoms with Crippen molar-refractivity contribution in [2.45, 2.75) is 32.7 Å². The van der Waals surface area contributed by atoms with E-state index in [0.29, 0.717) is 11.4 Å². The molecule has 1 aromatic heterocycles. The molecule has 5 heteroatoms. The summed E-state index contributed by atoms with van der Waals surface area (Å²) in [7, 11) is 1.62. The zero-order valence-electron chi connectivity index (χ0n) is 16.2. The standard InChI is InChI=1S/C22H26N2O3/c1-14-8-10-24(11-9-14)15(2)22(25)23-18-13-20-17(12-21(18)26-3)16-6-4-5-7-19(16)27-20/h4-7,12-15H,8-11H2,1-3H3,(H,23,25)/p+1/t15-/m1/s1. The molecule has 5 nitrogen and oxygen atoms in total. The van der Waals surface area contributed by atoms with Crippen LogP contribution in [-0.4, -0.2) is 32.1 Å². The minimum absolute atomic E-state index is 0.0216. The van der Waals surface area contributed by atoms with Gasteiger partial charge in [-0.2, -0.15) is 0 Å². The smallest absolute Gasteiger partial charge is 0.282 e. The van der Waals surface area contributed by atoms with Crippen molar-refractivity contribution in [1.82, 2.24) is 0 Å². The van der Waals surface area contributed by atoms with Gasteiger partial charge in [0.05, 0.1) is 25.9 Å². The number of piperidine rings is 1. The van der Waals surface area contributed by atoms with E-state index in [0.717, 1.165) is 40.9 Å². The number of hydrogen-bond donors (Lipinski definition) is 2. The Morgan fingerprint density at radius 2 is 1.93 bits per heavy atom. The van der Waals surface area contributed by atoms with Crippen LogP contribution in [0.5, 0.6) is 5.75 Å². The Labute approximate surface area is 159 Å². The first kappa shape index (κ1) is 17.9. The quantitative estimate of drug-likeness (QED) is 0.744. The van der Waals surface area contributed by atoms with Gasteiger partial charge >= 0.3 is 0 Å². The molecule has 2 N–H and O–H groups in total. The van der Waals surface area contributed by atoms with Gasteiger partial charge in [0.1, 0.15) is 16.9 Å². The number of quaternary nitrogens is 1. The van der Waals surface area contributed by atoms with Gasteiger partial charge in [-0.25, -0.2) is 0 Å². The van der Waals surface area contributed by atoms with Crippen LogP contribution in [0.15, 0.2) is 40.8 Å². The SMILES string of the molecule is COc1cc2c(cc1NC(=O)[C@@H](C)[NH+]1CCC(C)CC1)oc1ccccc12. The Morgan fingerprint density at radius 3 is 2.67 bits per heavy atom. The molecule has 1 aliphatic rings. The number of furan rings is 1. The molecule has 3 aromatic rings. The summed E-state index contributed by atoms with van der Waals surface area (Å²) >= 11 is 0. The lowest BCUT2D eigenvalue weighted by Crippen LogP contribution is -3.17. The molecular weight excluding hydrogens is 340 g/mol. The van der Waals surface area contributed by atoms with Gasteiger partial charge in [-0.15, -0.1) is 0 Å². The maximum absolute atomic E-state index is 12.9. The normalized spacial score (nSPS) is 21.3. The third-order valence-corrected chi connectivity index (χ3v) is 5.88. The molecule has 0 aliphatic carbocycles. The molecule has 0 spiro atoms. The van der Waals surface area contributed by atoms with E-state index in [1.54, 1.807) is 7.11 Å². The molecule has 0 bridgehead atoms. The van der Waals surface area contributed by atoms with Crippen molar-refractivity contribution in [1.29, 1.82) is 0 Å². The first-order valence-electron chi connectivity index (χ1n) is 9.71. The maximum Gasteiger partial charge on any atom is 0.282 e. The second kappa shape index (κ2) is 7.24. The van der Waals surface area contributed by atoms with Gasteiger partial charge in [-0.3, -0.25) is 4.79 Å². The highest BCUT2D eigenvalue weighted by atomic mass is 16.5. The van der Waals surface area contributed by atoms with E-state index in [1.807, 2.05) is 43.3 Å². The van der Waals surface area contributed by atoms with Crippen LogP contribution in [0, 0.1) is 5.92 Å². The summed E-state index contributed by atoms with van der Waals surface area (Å²) < 4.78 is 11.5. The van der Waals surface area contributed by atoms with Crippen molar-refractivity contribution in [3.8, 4) is 5.75 Å². The number of ether oxygens (including phenoxy) is 1. The third kappa shape index (κ3) is 3.39. The summed E-state index contributed by atoms with van der Waals surface area (Å²) in [6.07, 6.45) is 2.36. The third-order valence-electron chi connectivity index (χ3n) is 5.88. The molecule has 27 heavy (non-hydrogen) atoms. The van der Waals surface area contributed by atoms with Crippen molar-refractivity contribution in [3.05, 3.63) is 36.4 Å². The van der Waals surface area contributed by atoms with E-state index in [2.05, 4.69) is 12.2 Å². The van der Waals surface area contributed by atoms with Crippen molar-refractivity contribution >= 4 is 33.5 Å². The molecule has 0 radical (unpaired) electrons. The minimum atomic E-state index is -0.0893. The van der Waals surface area contributed by atoms with Gasteiger partial charge in [0.25, 0.3) is 5.91 Å². The molecule has 1 fully saturated rings. The molecule has 0 saturated carbocycles. The summed E-state index contributed by atoms with van der Waals surface area (Å²) in [5.74, 6) is 1.43. The van der Waals surface area contributed by atoms with Crippen LogP contribution in [-0.2, 0) is 4.79 Å². The molecule has 1 amide bonds. The molecule has 2 aromatic carbocycles. The lowest BCUT2D eigenvalue weighted by molar-refractivity contribution is -0.919. The first-order chi connectivity index (χ1) is 13.1. The first-order valence-corrected chi connectivity index (χ1v) is 9.71. The number of hydrogen-bond acceptors (Lipinski definition) is 3. The summed E-state index contributed by atoms with van der Waals surface area (Å²) in [5.41, 5.74) is 2.24. The van der Waals surface area contributed by atoms with E-state index < -0.39 is 0 Å². The Morgan fingerprint density at radius 1 is 1.19 bits per heavy atom. The van der Waals surface area contributed by atoms with Gasteiger partial charge in [0.15, 0.2) is 6.04 Å². The van der Waals surface area contributed by atoms with Crippen molar-refractivity contribution in [3.63, 3.8) is 0 Å². The Hall–Kier alpha value is -2.53. The summed E-state index contributed by atoms with van der Waals surface area (Å²) in [4.78, 5) is 14.2. The fourth-order valence-corrected chi connectivity index (χ4v) is 4.01. The molecule has 1 atom stereocenters. The van der Waals surface area contributed by atoms with E-state index in [9.17, 15) is 4.79 Å². The number of methoxy groups -OCH3 is 1. The van der Waals surface area contributed by atoms with E-state index in [4.69, 9.17) is 9.15 Å². The zero-order chi connectivity index (χ0) is 19.0. The number of likely N-dealkylation sites (tertiary alicyclic amines) is 1. The van der Waals surface area contributed by atoms with Crippen LogP contribution in [0.4, 0.5) is 5.69 Å². The van der Waals surface area contributed by atoms with Crippen molar-refractivity contribution in [2.24, 2.45) is 5.92 Å². The zero-order valence-corrected chi connectivity index (χ0v) is 16.2. The predicted molar refractivity (Wildman–Crippen MR) is 107 cm³/mol. The summed E-state index contributed by atoms with van der Waals surface area (Å²) in [6.45, 7) is 6.40. The molecular formula is C22H27N2O3+. The minimum Gasteiger partial charge on any atom is -0.495 e. The fourth-order valence-electron chi connectivity index (χ4n) is 4.01. The molecule has 0 unspecified atom stereocenters. The molecule has 142 valence electrons. The molecule has 1 saturated heterocycles. The number of carbonyl (C=O) groups excluding carboxylic acids is 1. The topological polar surface area (TPSA) is 55.9 Å². The van der Waals surface area contributed by atoms with Crippen LogP contribution in [0.25, 0.3) is 21.9 Å². The monoisotopic (exact) mass is 367 g/mol. The molecule has 2 heterocycles. The number of rotatable bonds is 4. The highest BCUT2D eigenvalue weighted by Gasteiger charge is 2.29. The summed E-state index contributed by atoms with van der Waals surface area (Å²) in [5, 5.41) is 5.10. The van der Waals surface area contributed by atoms with E-state index in [1.165, 1.54) is 17.7 Å². The van der Waals surface area contributed by atoms with Crippen LogP contribution >= 0.6 is 0 Å². The van der Waals surface area contributed by atoms with Gasteiger partial charge in [-0.05, 0) is 37.8 Å². The van der Waals surface area contributed by atoms with Gasteiger partial charge in [0, 0.05) is 16.8 Å². The average molecular weight is 367 g/mol. The fraction of sp³-hybridized carbons (Fsp3) is 0.409. The largest absolute Gasteiger partial charge is 0.495 e. The number of para-hydroxylation sites is 1. The van der Waals surface area contributed by atoms with Crippen LogP contribution in [0.2, 0.25) is 0 Å². The highest BCUT2D eigenvalue weighted by Crippen LogP contribution is 2.36. The number of carbonyl (C=O) groups is 1. The second-order valence-electron chi connectivity index (χ2n) is 7.70. The predicted octanol–water partition coefficient (Wildman–Crippen LogP) is 3.24. The van der Waals surface area contributed by atoms with Gasteiger partial charge in [0.2, 0.25) is 0 Å². The Bertz CT molecular complexity index is 970. The van der Waals surface area contributed by atoms with Gasteiger partial charge < -0.3 is 19.4 Å². The number of anilines is 1. The molecule has 1 aliphatic heterocycles. The number of nitrogens with one attached hydrogen (secondary N) is 2. The van der Waals surface area contributed by atoms with Crippen LogP contribution < -0.4 is 15.0 Å². The lowest BCUT2D eigenvalue weighted by atomic mass is 9.98. The Kier molecular flexibility index (Phi) is 4.79. The Balaban J connectivity index is 1.60. The average Bonchev–Trinajstić information content (AvgIpc) is 3.04. The molecule has 4 rings (SSSR count). The number of benzene rings is 2. The number of amides is 1. The highest BCUT2D eigenvalue weighted by molar-refractivity contribution is 6.08. The lowest BCUT2D eigenvalue weighted by Gasteiger charge is -2.31. The second-order valence-corrected chi connectivity index (χ2v) is 7.70. The van der Waals surface area contributed by atoms with E-state index >= 15 is 0 Å². The van der Waals surface area contributed by atoms with Crippen LogP contribution in [0.3, 0.4) is 0 Å². The maximum atomic E-state index is 12.9. The van der Waals surface area contributed by atoms with Gasteiger partial charge in [-0.1, -0.05) is 25.1 Å². The van der Waals surface area contributed by atoms with Crippen molar-refractivity contribution < 1.29 is 18.8 Å². The van der Waals surface area contributed by atoms with Crippen LogP contribution in [0.1, 0.15) is 26.7 Å². The van der Waals surface area contributed by atoms with Crippen molar-refractivity contribution in [2.75, 3.05) is 25.5 Å². The number of fused-ring (bicyclic) bond motifs is 3.